The van der Waals surface area contributed by atoms with E-state index in [9.17, 15) is 10.2 Å². The number of unbranched alkanes of at least 4 members (excludes halogenated alkanes) is 2. The summed E-state index contributed by atoms with van der Waals surface area (Å²) in [4.78, 5) is 0. The molecular weight excluding hydrogens is 398 g/mol. The number of nitrogens with one attached hydrogen (secondary N) is 1. The highest BCUT2D eigenvalue weighted by Gasteiger charge is 2.48. The van der Waals surface area contributed by atoms with Crippen molar-refractivity contribution in [3.63, 3.8) is 0 Å². The van der Waals surface area contributed by atoms with Gasteiger partial charge >= 0.3 is 0 Å². The molecule has 0 aromatic heterocycles. The van der Waals surface area contributed by atoms with Gasteiger partial charge in [0.1, 0.15) is 11.9 Å². The Kier molecular flexibility index (Phi) is 9.66. The molecule has 0 radical (unpaired) electrons. The summed E-state index contributed by atoms with van der Waals surface area (Å²) in [6.45, 7) is 8.23. The van der Waals surface area contributed by atoms with Crippen LogP contribution in [0.2, 0.25) is 0 Å². The van der Waals surface area contributed by atoms with Crippen molar-refractivity contribution in [2.24, 2.45) is 11.8 Å². The highest BCUT2D eigenvalue weighted by Crippen LogP contribution is 2.52. The summed E-state index contributed by atoms with van der Waals surface area (Å²) in [6.07, 6.45) is 10.0. The zero-order valence-corrected chi connectivity index (χ0v) is 20.0. The lowest BCUT2D eigenvalue weighted by Crippen LogP contribution is -2.19. The Morgan fingerprint density at radius 2 is 2.06 bits per heavy atom. The van der Waals surface area contributed by atoms with Gasteiger partial charge in [-0.1, -0.05) is 50.6 Å². The van der Waals surface area contributed by atoms with Gasteiger partial charge in [0.05, 0.1) is 12.2 Å². The smallest absolute Gasteiger partial charge is 0.126 e. The first kappa shape index (κ1) is 24.8. The molecule has 4 heteroatoms. The lowest BCUT2D eigenvalue weighted by Gasteiger charge is -2.19. The summed E-state index contributed by atoms with van der Waals surface area (Å²) >= 11 is 0. The molecule has 1 aliphatic carbocycles. The Balaban J connectivity index is 1.62. The van der Waals surface area contributed by atoms with E-state index in [-0.39, 0.29) is 23.9 Å². The van der Waals surface area contributed by atoms with E-state index in [0.717, 1.165) is 31.7 Å². The molecule has 2 aliphatic rings. The van der Waals surface area contributed by atoms with E-state index in [2.05, 4.69) is 42.3 Å². The highest BCUT2D eigenvalue weighted by atomic mass is 16.5. The van der Waals surface area contributed by atoms with Crippen molar-refractivity contribution in [1.29, 1.82) is 0 Å². The average molecular weight is 440 g/mol. The third kappa shape index (κ3) is 6.16. The van der Waals surface area contributed by atoms with Crippen LogP contribution in [-0.4, -0.2) is 41.6 Å². The average Bonchev–Trinajstić information content (AvgIpc) is 3.30. The van der Waals surface area contributed by atoms with Crippen molar-refractivity contribution in [2.75, 3.05) is 13.1 Å². The summed E-state index contributed by atoms with van der Waals surface area (Å²) in [6, 6.07) is 6.47. The van der Waals surface area contributed by atoms with Gasteiger partial charge in [-0.05, 0) is 57.2 Å². The van der Waals surface area contributed by atoms with Crippen molar-refractivity contribution in [1.82, 2.24) is 5.32 Å². The number of para-hydroxylation sites is 1. The van der Waals surface area contributed by atoms with Crippen molar-refractivity contribution in [3.8, 4) is 17.6 Å². The molecule has 4 nitrogen and oxygen atoms in total. The van der Waals surface area contributed by atoms with Crippen molar-refractivity contribution < 1.29 is 14.9 Å². The highest BCUT2D eigenvalue weighted by molar-refractivity contribution is 5.49. The molecule has 1 aromatic carbocycles. The third-order valence-electron chi connectivity index (χ3n) is 6.96. The van der Waals surface area contributed by atoms with Gasteiger partial charge < -0.3 is 20.3 Å². The third-order valence-corrected chi connectivity index (χ3v) is 6.96. The zero-order valence-electron chi connectivity index (χ0n) is 20.0. The maximum absolute atomic E-state index is 10.7. The first-order chi connectivity index (χ1) is 15.6. The molecule has 0 spiro atoms. The maximum atomic E-state index is 10.7. The second-order valence-corrected chi connectivity index (χ2v) is 9.44. The number of ether oxygens (including phenoxy) is 1. The summed E-state index contributed by atoms with van der Waals surface area (Å²) in [5.41, 5.74) is 2.51. The standard InChI is InChI=1S/C28H41NO3/c1-4-6-11-20(3)24(30)16-15-22-25(31)19-26-27(22)23-14-10-13-21(28(23)32-26)12-8-9-18-29-17-7-5-2/h10,13-16,20,22,24-27,29-31H,5,7-9,11-12,17-19H2,1-3H3/b16-15+/t20-,22+,24-,25-,26+,27+/m1/s1. The Morgan fingerprint density at radius 1 is 1.25 bits per heavy atom. The molecule has 1 saturated carbocycles. The number of aryl methyl sites for hydroxylation is 1. The van der Waals surface area contributed by atoms with E-state index in [1.165, 1.54) is 30.4 Å². The number of fused-ring (bicyclic) bond motifs is 3. The van der Waals surface area contributed by atoms with Crippen LogP contribution in [0.25, 0.3) is 0 Å². The first-order valence-electron chi connectivity index (χ1n) is 12.5. The Hall–Kier alpha value is -1.80. The molecule has 1 aromatic rings. The lowest BCUT2D eigenvalue weighted by molar-refractivity contribution is 0.134. The predicted octanol–water partition coefficient (Wildman–Crippen LogP) is 4.59. The lowest BCUT2D eigenvalue weighted by atomic mass is 9.86. The van der Waals surface area contributed by atoms with Crippen LogP contribution >= 0.6 is 0 Å². The van der Waals surface area contributed by atoms with E-state index < -0.39 is 12.2 Å². The fourth-order valence-corrected chi connectivity index (χ4v) is 4.97. The molecule has 176 valence electrons. The van der Waals surface area contributed by atoms with E-state index >= 15 is 0 Å². The van der Waals surface area contributed by atoms with Gasteiger partial charge in [0.2, 0.25) is 0 Å². The molecular formula is C28H41NO3. The summed E-state index contributed by atoms with van der Waals surface area (Å²) < 4.78 is 6.39. The molecule has 0 unspecified atom stereocenters. The molecule has 1 heterocycles. The Morgan fingerprint density at radius 3 is 2.84 bits per heavy atom. The second kappa shape index (κ2) is 12.4. The van der Waals surface area contributed by atoms with Crippen LogP contribution < -0.4 is 10.1 Å². The minimum Gasteiger partial charge on any atom is -0.489 e. The predicted molar refractivity (Wildman–Crippen MR) is 131 cm³/mol. The summed E-state index contributed by atoms with van der Waals surface area (Å²) in [5.74, 6) is 7.17. The van der Waals surface area contributed by atoms with Crippen LogP contribution in [0.5, 0.6) is 5.75 Å². The summed E-state index contributed by atoms with van der Waals surface area (Å²) in [7, 11) is 0. The fourth-order valence-electron chi connectivity index (χ4n) is 4.97. The minimum absolute atomic E-state index is 0.0204. The normalized spacial score (nSPS) is 25.7. The van der Waals surface area contributed by atoms with Crippen molar-refractivity contribution in [3.05, 3.63) is 41.5 Å². The Bertz CT molecular complexity index is 809. The molecule has 3 rings (SSSR count). The second-order valence-electron chi connectivity index (χ2n) is 9.44. The largest absolute Gasteiger partial charge is 0.489 e. The van der Waals surface area contributed by atoms with Crippen LogP contribution in [0.15, 0.2) is 30.4 Å². The molecule has 6 atom stereocenters. The van der Waals surface area contributed by atoms with E-state index in [1.54, 1.807) is 0 Å². The van der Waals surface area contributed by atoms with Crippen LogP contribution in [0, 0.1) is 23.7 Å². The van der Waals surface area contributed by atoms with Gasteiger partial charge in [-0.25, -0.2) is 0 Å². The van der Waals surface area contributed by atoms with Crippen LogP contribution in [0.4, 0.5) is 0 Å². The quantitative estimate of drug-likeness (QED) is 0.253. The number of hydrogen-bond acceptors (Lipinski definition) is 4. The topological polar surface area (TPSA) is 61.7 Å². The van der Waals surface area contributed by atoms with E-state index in [0.29, 0.717) is 12.8 Å². The summed E-state index contributed by atoms with van der Waals surface area (Å²) in [5, 5.41) is 24.7. The van der Waals surface area contributed by atoms with Crippen LogP contribution in [0.3, 0.4) is 0 Å². The van der Waals surface area contributed by atoms with E-state index in [4.69, 9.17) is 4.74 Å². The van der Waals surface area contributed by atoms with Gasteiger partial charge in [0.15, 0.2) is 0 Å². The number of hydrogen-bond donors (Lipinski definition) is 3. The van der Waals surface area contributed by atoms with Gasteiger partial charge in [-0.3, -0.25) is 0 Å². The monoisotopic (exact) mass is 439 g/mol. The van der Waals surface area contributed by atoms with Gasteiger partial charge in [0.25, 0.3) is 0 Å². The number of aliphatic hydroxyl groups excluding tert-OH is 2. The van der Waals surface area contributed by atoms with Crippen molar-refractivity contribution >= 4 is 0 Å². The van der Waals surface area contributed by atoms with Crippen LogP contribution in [0.1, 0.15) is 76.3 Å². The SMILES string of the molecule is CC#CC[C@@H](C)[C@H](O)/C=C/[C@@H]1[C@H]2c3cccc(CCCCNCCCC)c3O[C@H]2C[C@H]1O. The molecule has 1 aliphatic heterocycles. The van der Waals surface area contributed by atoms with Gasteiger partial charge in [-0.2, -0.15) is 0 Å². The molecule has 0 bridgehead atoms. The van der Waals surface area contributed by atoms with Gasteiger partial charge in [-0.15, -0.1) is 11.8 Å². The molecule has 1 fully saturated rings. The molecule has 0 saturated heterocycles. The molecule has 0 amide bonds. The van der Waals surface area contributed by atoms with Crippen LogP contribution in [-0.2, 0) is 6.42 Å². The first-order valence-corrected chi connectivity index (χ1v) is 12.5. The fraction of sp³-hybridized carbons (Fsp3) is 0.643. The number of aliphatic hydroxyl groups is 2. The zero-order chi connectivity index (χ0) is 22.9. The molecule has 3 N–H and O–H groups in total. The Labute approximate surface area is 194 Å². The number of benzene rings is 1. The minimum atomic E-state index is -0.554. The number of rotatable bonds is 12. The molecule has 32 heavy (non-hydrogen) atoms. The van der Waals surface area contributed by atoms with Gasteiger partial charge in [0, 0.05) is 30.2 Å². The maximum Gasteiger partial charge on any atom is 0.126 e. The van der Waals surface area contributed by atoms with Crippen molar-refractivity contribution in [2.45, 2.75) is 89.9 Å². The van der Waals surface area contributed by atoms with E-state index in [1.807, 2.05) is 26.0 Å².